The molecule has 0 amide bonds. The Morgan fingerprint density at radius 1 is 1.28 bits per heavy atom. The molecule has 2 rings (SSSR count). The summed E-state index contributed by atoms with van der Waals surface area (Å²) in [6.45, 7) is 4.39. The Bertz CT molecular complexity index is 482. The van der Waals surface area contributed by atoms with E-state index in [0.717, 1.165) is 0 Å². The number of benzene rings is 1. The molecule has 2 atom stereocenters. The highest BCUT2D eigenvalue weighted by molar-refractivity contribution is 5.19. The summed E-state index contributed by atoms with van der Waals surface area (Å²) in [5.74, 6) is 0. The van der Waals surface area contributed by atoms with Gasteiger partial charge in [-0.25, -0.2) is 0 Å². The van der Waals surface area contributed by atoms with E-state index in [2.05, 4.69) is 24.2 Å². The second kappa shape index (κ2) is 5.80. The number of rotatable bonds is 5. The van der Waals surface area contributed by atoms with Crippen LogP contribution in [0.15, 0.2) is 42.7 Å². The van der Waals surface area contributed by atoms with Crippen molar-refractivity contribution < 1.29 is 9.84 Å². The van der Waals surface area contributed by atoms with Gasteiger partial charge in [-0.2, -0.15) is 5.10 Å². The molecule has 1 unspecified atom stereocenters. The van der Waals surface area contributed by atoms with Gasteiger partial charge in [0, 0.05) is 18.4 Å². The predicted octanol–water partition coefficient (Wildman–Crippen LogP) is 2.52. The van der Waals surface area contributed by atoms with E-state index in [1.807, 2.05) is 36.0 Å². The van der Waals surface area contributed by atoms with Crippen LogP contribution < -0.4 is 0 Å². The number of aliphatic hydroxyl groups is 1. The lowest BCUT2D eigenvalue weighted by Gasteiger charge is -2.12. The summed E-state index contributed by atoms with van der Waals surface area (Å²) in [6, 6.07) is 10.3. The third-order valence-corrected chi connectivity index (χ3v) is 2.91. The van der Waals surface area contributed by atoms with Gasteiger partial charge in [0.05, 0.1) is 12.2 Å². The highest BCUT2D eigenvalue weighted by Crippen LogP contribution is 2.19. The van der Waals surface area contributed by atoms with Crippen LogP contribution in [0.4, 0.5) is 0 Å². The molecule has 1 N–H and O–H groups in total. The molecule has 0 saturated heterocycles. The molecule has 0 aliphatic heterocycles. The maximum atomic E-state index is 9.71. The molecular weight excluding hydrogens is 228 g/mol. The Labute approximate surface area is 107 Å². The molecule has 0 saturated carbocycles. The second-order valence-corrected chi connectivity index (χ2v) is 4.15. The van der Waals surface area contributed by atoms with Crippen molar-refractivity contribution >= 4 is 0 Å². The smallest absolute Gasteiger partial charge is 0.184 e. The topological polar surface area (TPSA) is 47.3 Å². The first-order valence-electron chi connectivity index (χ1n) is 6.11. The molecule has 1 aromatic carbocycles. The standard InChI is InChI=1S/C14H18N2O2/c1-3-18-14(17)13-9-15-16(10-13)11(2)12-7-5-4-6-8-12/h4-11,14,17H,3H2,1-2H3/t11-,14?/m1/s1. The van der Waals surface area contributed by atoms with E-state index in [9.17, 15) is 5.11 Å². The molecule has 1 heterocycles. The highest BCUT2D eigenvalue weighted by Gasteiger charge is 2.13. The lowest BCUT2D eigenvalue weighted by Crippen LogP contribution is -2.07. The van der Waals surface area contributed by atoms with Crippen molar-refractivity contribution in [2.75, 3.05) is 6.61 Å². The Kier molecular flexibility index (Phi) is 4.12. The zero-order chi connectivity index (χ0) is 13.0. The molecule has 0 spiro atoms. The van der Waals surface area contributed by atoms with Gasteiger partial charge in [0.1, 0.15) is 0 Å². The van der Waals surface area contributed by atoms with Crippen LogP contribution in [0.2, 0.25) is 0 Å². The summed E-state index contributed by atoms with van der Waals surface area (Å²) in [5.41, 5.74) is 1.86. The van der Waals surface area contributed by atoms with E-state index in [-0.39, 0.29) is 6.04 Å². The van der Waals surface area contributed by atoms with E-state index < -0.39 is 6.29 Å². The maximum absolute atomic E-state index is 9.71. The summed E-state index contributed by atoms with van der Waals surface area (Å²) in [6.07, 6.45) is 2.56. The highest BCUT2D eigenvalue weighted by atomic mass is 16.6. The van der Waals surface area contributed by atoms with Crippen molar-refractivity contribution in [3.05, 3.63) is 53.9 Å². The van der Waals surface area contributed by atoms with Crippen LogP contribution in [0.25, 0.3) is 0 Å². The van der Waals surface area contributed by atoms with Gasteiger partial charge < -0.3 is 9.84 Å². The average molecular weight is 246 g/mol. The van der Waals surface area contributed by atoms with E-state index in [0.29, 0.717) is 12.2 Å². The number of aliphatic hydroxyl groups excluding tert-OH is 1. The molecule has 1 aromatic heterocycles. The molecule has 18 heavy (non-hydrogen) atoms. The first-order valence-corrected chi connectivity index (χ1v) is 6.11. The Morgan fingerprint density at radius 3 is 2.67 bits per heavy atom. The SMILES string of the molecule is CCOC(O)c1cnn([C@H](C)c2ccccc2)c1. The minimum Gasteiger partial charge on any atom is -0.364 e. The van der Waals surface area contributed by atoms with E-state index in [1.165, 1.54) is 5.56 Å². The quantitative estimate of drug-likeness (QED) is 0.825. The van der Waals surface area contributed by atoms with Gasteiger partial charge in [0.15, 0.2) is 6.29 Å². The van der Waals surface area contributed by atoms with E-state index in [1.54, 1.807) is 6.20 Å². The fourth-order valence-electron chi connectivity index (χ4n) is 1.83. The largest absolute Gasteiger partial charge is 0.364 e. The molecule has 0 aliphatic carbocycles. The molecule has 96 valence electrons. The Morgan fingerprint density at radius 2 is 2.00 bits per heavy atom. The van der Waals surface area contributed by atoms with Gasteiger partial charge in [0.25, 0.3) is 0 Å². The van der Waals surface area contributed by atoms with Gasteiger partial charge in [-0.15, -0.1) is 0 Å². The van der Waals surface area contributed by atoms with Crippen LogP contribution in [-0.4, -0.2) is 21.5 Å². The van der Waals surface area contributed by atoms with Crippen molar-refractivity contribution in [1.82, 2.24) is 9.78 Å². The number of hydrogen-bond acceptors (Lipinski definition) is 3. The van der Waals surface area contributed by atoms with Crippen LogP contribution >= 0.6 is 0 Å². The molecule has 4 nitrogen and oxygen atoms in total. The summed E-state index contributed by atoms with van der Waals surface area (Å²) >= 11 is 0. The van der Waals surface area contributed by atoms with Gasteiger partial charge in [0.2, 0.25) is 0 Å². The molecule has 0 bridgehead atoms. The maximum Gasteiger partial charge on any atom is 0.184 e. The molecular formula is C14H18N2O2. The monoisotopic (exact) mass is 246 g/mol. The number of hydrogen-bond donors (Lipinski definition) is 1. The van der Waals surface area contributed by atoms with Crippen LogP contribution in [-0.2, 0) is 4.74 Å². The van der Waals surface area contributed by atoms with Crippen LogP contribution in [0.5, 0.6) is 0 Å². The fraction of sp³-hybridized carbons (Fsp3) is 0.357. The molecule has 2 aromatic rings. The van der Waals surface area contributed by atoms with Crippen molar-refractivity contribution in [3.8, 4) is 0 Å². The molecule has 0 radical (unpaired) electrons. The van der Waals surface area contributed by atoms with Crippen molar-refractivity contribution in [2.45, 2.75) is 26.2 Å². The lowest BCUT2D eigenvalue weighted by molar-refractivity contribution is -0.0980. The summed E-state index contributed by atoms with van der Waals surface area (Å²) in [4.78, 5) is 0. The van der Waals surface area contributed by atoms with E-state index in [4.69, 9.17) is 4.74 Å². The third-order valence-electron chi connectivity index (χ3n) is 2.91. The lowest BCUT2D eigenvalue weighted by atomic mass is 10.1. The zero-order valence-electron chi connectivity index (χ0n) is 10.7. The second-order valence-electron chi connectivity index (χ2n) is 4.15. The first-order chi connectivity index (χ1) is 8.72. The fourth-order valence-corrected chi connectivity index (χ4v) is 1.83. The minimum atomic E-state index is -0.897. The van der Waals surface area contributed by atoms with Crippen molar-refractivity contribution in [1.29, 1.82) is 0 Å². The van der Waals surface area contributed by atoms with Gasteiger partial charge in [-0.1, -0.05) is 30.3 Å². The van der Waals surface area contributed by atoms with E-state index >= 15 is 0 Å². The summed E-state index contributed by atoms with van der Waals surface area (Å²) in [7, 11) is 0. The number of ether oxygens (including phenoxy) is 1. The van der Waals surface area contributed by atoms with Gasteiger partial charge >= 0.3 is 0 Å². The summed E-state index contributed by atoms with van der Waals surface area (Å²) in [5, 5.41) is 14.0. The summed E-state index contributed by atoms with van der Waals surface area (Å²) < 4.78 is 6.96. The van der Waals surface area contributed by atoms with Crippen LogP contribution in [0, 0.1) is 0 Å². The van der Waals surface area contributed by atoms with Crippen LogP contribution in [0.3, 0.4) is 0 Å². The number of nitrogens with zero attached hydrogens (tertiary/aromatic N) is 2. The van der Waals surface area contributed by atoms with Gasteiger partial charge in [-0.05, 0) is 19.4 Å². The first kappa shape index (κ1) is 12.8. The van der Waals surface area contributed by atoms with Crippen LogP contribution in [0.1, 0.15) is 37.3 Å². The zero-order valence-corrected chi connectivity index (χ0v) is 10.7. The molecule has 0 aliphatic rings. The normalized spacial score (nSPS) is 14.4. The Hall–Kier alpha value is -1.65. The number of aromatic nitrogens is 2. The van der Waals surface area contributed by atoms with Crippen molar-refractivity contribution in [3.63, 3.8) is 0 Å². The minimum absolute atomic E-state index is 0.133. The molecule has 4 heteroatoms. The molecule has 0 fully saturated rings. The van der Waals surface area contributed by atoms with Gasteiger partial charge in [-0.3, -0.25) is 4.68 Å². The third kappa shape index (κ3) is 2.78. The predicted molar refractivity (Wildman–Crippen MR) is 69.1 cm³/mol. The van der Waals surface area contributed by atoms with Crippen molar-refractivity contribution in [2.24, 2.45) is 0 Å². The average Bonchev–Trinajstić information content (AvgIpc) is 2.89. The Balaban J connectivity index is 2.15.